The molecule has 2 aromatic rings. The summed E-state index contributed by atoms with van der Waals surface area (Å²) in [6, 6.07) is 5.35. The van der Waals surface area contributed by atoms with Crippen LogP contribution >= 0.6 is 27.3 Å². The molecule has 0 aromatic carbocycles. The fourth-order valence-electron chi connectivity index (χ4n) is 1.93. The first-order valence-electron chi connectivity index (χ1n) is 5.97. The number of nitrogens with zero attached hydrogens (tertiary/aromatic N) is 3. The van der Waals surface area contributed by atoms with Gasteiger partial charge in [-0.2, -0.15) is 0 Å². The molecule has 1 aliphatic carbocycles. The molecule has 1 aliphatic rings. The maximum atomic E-state index is 12.8. The highest BCUT2D eigenvalue weighted by molar-refractivity contribution is 9.10. The summed E-state index contributed by atoms with van der Waals surface area (Å²) in [7, 11) is 0. The summed E-state index contributed by atoms with van der Waals surface area (Å²) in [6.07, 6.45) is -0.259. The number of ether oxygens (including phenoxy) is 1. The monoisotopic (exact) mass is 361 g/mol. The van der Waals surface area contributed by atoms with Crippen molar-refractivity contribution in [2.24, 2.45) is 0 Å². The molecule has 0 spiro atoms. The molecule has 0 atom stereocenters. The number of hydrogen-bond donors (Lipinski definition) is 0. The highest BCUT2D eigenvalue weighted by Gasteiger charge is 2.47. The van der Waals surface area contributed by atoms with Gasteiger partial charge in [0.1, 0.15) is 16.2 Å². The van der Waals surface area contributed by atoms with E-state index in [0.29, 0.717) is 20.5 Å². The van der Waals surface area contributed by atoms with Crippen LogP contribution in [0.25, 0.3) is 0 Å². The molecule has 0 saturated heterocycles. The van der Waals surface area contributed by atoms with Crippen LogP contribution < -0.4 is 4.74 Å². The number of aromatic nitrogens is 3. The van der Waals surface area contributed by atoms with Crippen molar-refractivity contribution < 1.29 is 13.5 Å². The summed E-state index contributed by atoms with van der Waals surface area (Å²) in [5.74, 6) is -2.22. The van der Waals surface area contributed by atoms with Crippen LogP contribution in [-0.2, 0) is 6.61 Å². The minimum absolute atomic E-state index is 0.129. The van der Waals surface area contributed by atoms with E-state index in [9.17, 15) is 8.78 Å². The van der Waals surface area contributed by atoms with Crippen molar-refractivity contribution in [1.82, 2.24) is 15.2 Å². The Morgan fingerprint density at radius 3 is 2.85 bits per heavy atom. The third-order valence-corrected chi connectivity index (χ3v) is 4.46. The Morgan fingerprint density at radius 1 is 1.35 bits per heavy atom. The van der Waals surface area contributed by atoms with Gasteiger partial charge in [0.25, 0.3) is 0 Å². The van der Waals surface area contributed by atoms with Crippen LogP contribution in [0, 0.1) is 0 Å². The van der Waals surface area contributed by atoms with E-state index in [-0.39, 0.29) is 25.4 Å². The molecular weight excluding hydrogens is 352 g/mol. The summed E-state index contributed by atoms with van der Waals surface area (Å²) in [4.78, 5) is 4.13. The smallest absolute Gasteiger partial charge is 0.249 e. The molecule has 0 amide bonds. The van der Waals surface area contributed by atoms with Gasteiger partial charge in [-0.3, -0.25) is 0 Å². The van der Waals surface area contributed by atoms with Crippen LogP contribution in [0.1, 0.15) is 28.8 Å². The Morgan fingerprint density at radius 2 is 2.15 bits per heavy atom. The first-order valence-corrected chi connectivity index (χ1v) is 7.58. The third-order valence-electron chi connectivity index (χ3n) is 2.95. The van der Waals surface area contributed by atoms with E-state index in [4.69, 9.17) is 4.74 Å². The standard InChI is InChI=1S/C12H10BrF2N3OS/c13-8-2-1-3-9(16-8)19-6-10-17-18-11(20-10)7-4-12(14,15)5-7/h1-3,7H,4-6H2. The van der Waals surface area contributed by atoms with E-state index in [2.05, 4.69) is 31.1 Å². The summed E-state index contributed by atoms with van der Waals surface area (Å²) < 4.78 is 31.8. The summed E-state index contributed by atoms with van der Waals surface area (Å²) in [5.41, 5.74) is 0. The van der Waals surface area contributed by atoms with E-state index < -0.39 is 5.92 Å². The fraction of sp³-hybridized carbons (Fsp3) is 0.417. The van der Waals surface area contributed by atoms with E-state index in [1.807, 2.05) is 6.07 Å². The second kappa shape index (κ2) is 5.33. The molecule has 3 rings (SSSR count). The lowest BCUT2D eigenvalue weighted by Crippen LogP contribution is -2.33. The average Bonchev–Trinajstić information content (AvgIpc) is 2.82. The lowest BCUT2D eigenvalue weighted by Gasteiger charge is -2.32. The predicted octanol–water partition coefficient (Wildman–Crippen LogP) is 3.79. The Hall–Kier alpha value is -1.15. The van der Waals surface area contributed by atoms with Crippen molar-refractivity contribution in [2.75, 3.05) is 0 Å². The quantitative estimate of drug-likeness (QED) is 0.777. The first-order chi connectivity index (χ1) is 9.52. The zero-order valence-corrected chi connectivity index (χ0v) is 12.6. The summed E-state index contributed by atoms with van der Waals surface area (Å²) in [5, 5.41) is 9.25. The zero-order valence-electron chi connectivity index (χ0n) is 10.2. The molecule has 106 valence electrons. The maximum Gasteiger partial charge on any atom is 0.249 e. The van der Waals surface area contributed by atoms with Crippen LogP contribution in [0.4, 0.5) is 8.78 Å². The van der Waals surface area contributed by atoms with Gasteiger partial charge in [-0.1, -0.05) is 17.4 Å². The first kappa shape index (κ1) is 13.8. The lowest BCUT2D eigenvalue weighted by molar-refractivity contribution is -0.0868. The van der Waals surface area contributed by atoms with Crippen molar-refractivity contribution in [3.63, 3.8) is 0 Å². The molecule has 0 radical (unpaired) electrons. The molecule has 20 heavy (non-hydrogen) atoms. The van der Waals surface area contributed by atoms with Crippen molar-refractivity contribution in [3.8, 4) is 5.88 Å². The van der Waals surface area contributed by atoms with E-state index in [0.717, 1.165) is 0 Å². The van der Waals surface area contributed by atoms with Crippen molar-refractivity contribution >= 4 is 27.3 Å². The van der Waals surface area contributed by atoms with E-state index in [1.165, 1.54) is 11.3 Å². The van der Waals surface area contributed by atoms with E-state index >= 15 is 0 Å². The maximum absolute atomic E-state index is 12.8. The molecule has 4 nitrogen and oxygen atoms in total. The van der Waals surface area contributed by atoms with Crippen LogP contribution in [0.15, 0.2) is 22.8 Å². The second-order valence-corrected chi connectivity index (χ2v) is 6.49. The van der Waals surface area contributed by atoms with Gasteiger partial charge in [0.2, 0.25) is 11.8 Å². The molecule has 1 fully saturated rings. The SMILES string of the molecule is FC1(F)CC(c2nnc(COc3cccc(Br)n3)s2)C1. The Balaban J connectivity index is 1.58. The number of alkyl halides is 2. The molecule has 2 aromatic heterocycles. The topological polar surface area (TPSA) is 47.9 Å². The Kier molecular flexibility index (Phi) is 3.68. The highest BCUT2D eigenvalue weighted by Crippen LogP contribution is 2.48. The number of pyridine rings is 1. The molecule has 0 aliphatic heterocycles. The molecule has 1 saturated carbocycles. The second-order valence-electron chi connectivity index (χ2n) is 4.58. The number of halogens is 3. The molecule has 8 heteroatoms. The minimum Gasteiger partial charge on any atom is -0.470 e. The van der Waals surface area contributed by atoms with Gasteiger partial charge in [0.15, 0.2) is 5.01 Å². The van der Waals surface area contributed by atoms with Gasteiger partial charge in [0.05, 0.1) is 0 Å². The molecular formula is C12H10BrF2N3OS. The van der Waals surface area contributed by atoms with Gasteiger partial charge in [0, 0.05) is 24.8 Å². The van der Waals surface area contributed by atoms with Crippen molar-refractivity contribution in [2.45, 2.75) is 31.3 Å². The zero-order chi connectivity index (χ0) is 14.2. The van der Waals surface area contributed by atoms with E-state index in [1.54, 1.807) is 12.1 Å². The van der Waals surface area contributed by atoms with Crippen LogP contribution in [0.3, 0.4) is 0 Å². The normalized spacial score (nSPS) is 17.8. The van der Waals surface area contributed by atoms with Crippen LogP contribution in [-0.4, -0.2) is 21.1 Å². The van der Waals surface area contributed by atoms with Crippen LogP contribution in [0.2, 0.25) is 0 Å². The van der Waals surface area contributed by atoms with Gasteiger partial charge < -0.3 is 4.74 Å². The molecule has 0 N–H and O–H groups in total. The van der Waals surface area contributed by atoms with Crippen molar-refractivity contribution in [3.05, 3.63) is 32.8 Å². The third kappa shape index (κ3) is 3.12. The fourth-order valence-corrected chi connectivity index (χ4v) is 3.11. The van der Waals surface area contributed by atoms with Gasteiger partial charge >= 0.3 is 0 Å². The van der Waals surface area contributed by atoms with Gasteiger partial charge in [-0.05, 0) is 22.0 Å². The minimum atomic E-state index is -2.53. The molecule has 0 unspecified atom stereocenters. The number of hydrogen-bond acceptors (Lipinski definition) is 5. The number of rotatable bonds is 4. The average molecular weight is 362 g/mol. The summed E-state index contributed by atoms with van der Waals surface area (Å²) >= 11 is 4.57. The van der Waals surface area contributed by atoms with Crippen molar-refractivity contribution in [1.29, 1.82) is 0 Å². The predicted molar refractivity (Wildman–Crippen MR) is 73.1 cm³/mol. The largest absolute Gasteiger partial charge is 0.470 e. The summed E-state index contributed by atoms with van der Waals surface area (Å²) in [6.45, 7) is 0.240. The molecule has 0 bridgehead atoms. The van der Waals surface area contributed by atoms with Gasteiger partial charge in [-0.25, -0.2) is 13.8 Å². The highest BCUT2D eigenvalue weighted by atomic mass is 79.9. The Bertz CT molecular complexity index is 614. The Labute approximate surface area is 126 Å². The molecule has 2 heterocycles. The van der Waals surface area contributed by atoms with Crippen LogP contribution in [0.5, 0.6) is 5.88 Å². The van der Waals surface area contributed by atoms with Gasteiger partial charge in [-0.15, -0.1) is 10.2 Å². The lowest BCUT2D eigenvalue weighted by atomic mass is 9.82.